The molecule has 3 heteroatoms. The van der Waals surface area contributed by atoms with Crippen molar-refractivity contribution in [1.82, 2.24) is 5.32 Å². The van der Waals surface area contributed by atoms with Crippen molar-refractivity contribution < 1.29 is 4.79 Å². The Balaban J connectivity index is 3.58. The van der Waals surface area contributed by atoms with Crippen LogP contribution in [0.15, 0.2) is 0 Å². The van der Waals surface area contributed by atoms with Crippen molar-refractivity contribution in [2.75, 3.05) is 6.54 Å². The normalized spacial score (nSPS) is 13.7. The van der Waals surface area contributed by atoms with E-state index in [1.165, 1.54) is 0 Å². The van der Waals surface area contributed by atoms with Crippen LogP contribution in [0.5, 0.6) is 0 Å². The zero-order valence-electron chi connectivity index (χ0n) is 10.6. The Hall–Kier alpha value is -0.570. The van der Waals surface area contributed by atoms with E-state index in [1.807, 2.05) is 6.92 Å². The molecule has 0 heterocycles. The first-order valence-electron chi connectivity index (χ1n) is 5.89. The molecule has 1 unspecified atom stereocenters. The van der Waals surface area contributed by atoms with E-state index < -0.39 is 0 Å². The number of hydrogen-bond donors (Lipinski definition) is 2. The molecule has 0 bridgehead atoms. The molecule has 0 aromatic carbocycles. The van der Waals surface area contributed by atoms with Gasteiger partial charge in [0.05, 0.1) is 0 Å². The van der Waals surface area contributed by atoms with E-state index in [-0.39, 0.29) is 17.4 Å². The monoisotopic (exact) mass is 214 g/mol. The van der Waals surface area contributed by atoms with Crippen molar-refractivity contribution in [3.63, 3.8) is 0 Å². The van der Waals surface area contributed by atoms with Crippen LogP contribution in [-0.4, -0.2) is 18.5 Å². The Bertz CT molecular complexity index is 188. The summed E-state index contributed by atoms with van der Waals surface area (Å²) in [5.74, 6) is 0.150. The van der Waals surface area contributed by atoms with E-state index in [1.54, 1.807) is 0 Å². The zero-order valence-corrected chi connectivity index (χ0v) is 10.6. The molecule has 0 fully saturated rings. The summed E-state index contributed by atoms with van der Waals surface area (Å²) in [6, 6.07) is 0.199. The van der Waals surface area contributed by atoms with Crippen LogP contribution in [0.4, 0.5) is 0 Å². The van der Waals surface area contributed by atoms with Gasteiger partial charge in [0.1, 0.15) is 0 Å². The van der Waals surface area contributed by atoms with Crippen molar-refractivity contribution in [1.29, 1.82) is 0 Å². The first-order chi connectivity index (χ1) is 6.87. The van der Waals surface area contributed by atoms with Gasteiger partial charge in [0.2, 0.25) is 5.91 Å². The Morgan fingerprint density at radius 3 is 2.53 bits per heavy atom. The highest BCUT2D eigenvalue weighted by molar-refractivity contribution is 5.75. The van der Waals surface area contributed by atoms with Crippen molar-refractivity contribution in [2.45, 2.75) is 59.4 Å². The lowest BCUT2D eigenvalue weighted by molar-refractivity contribution is -0.121. The van der Waals surface area contributed by atoms with Crippen LogP contribution in [0.3, 0.4) is 0 Å². The van der Waals surface area contributed by atoms with E-state index in [0.29, 0.717) is 6.42 Å². The van der Waals surface area contributed by atoms with Gasteiger partial charge < -0.3 is 11.1 Å². The van der Waals surface area contributed by atoms with Crippen LogP contribution in [0.1, 0.15) is 53.4 Å². The lowest BCUT2D eigenvalue weighted by Crippen LogP contribution is -2.33. The minimum Gasteiger partial charge on any atom is -0.356 e. The van der Waals surface area contributed by atoms with Gasteiger partial charge in [-0.25, -0.2) is 0 Å². The van der Waals surface area contributed by atoms with Gasteiger partial charge in [-0.3, -0.25) is 4.79 Å². The fourth-order valence-corrected chi connectivity index (χ4v) is 1.14. The molecule has 0 radical (unpaired) electrons. The first kappa shape index (κ1) is 14.4. The molecular weight excluding hydrogens is 188 g/mol. The molecule has 1 amide bonds. The molecule has 3 N–H and O–H groups in total. The standard InChI is InChI=1S/C12H26N2O/c1-5-12(3,4)9-14-11(15)8-6-7-10(2)13/h10H,5-9,13H2,1-4H3,(H,14,15). The van der Waals surface area contributed by atoms with Crippen molar-refractivity contribution in [3.05, 3.63) is 0 Å². The largest absolute Gasteiger partial charge is 0.356 e. The average molecular weight is 214 g/mol. The summed E-state index contributed by atoms with van der Waals surface area (Å²) < 4.78 is 0. The highest BCUT2D eigenvalue weighted by Crippen LogP contribution is 2.17. The molecule has 15 heavy (non-hydrogen) atoms. The van der Waals surface area contributed by atoms with Crippen LogP contribution in [0, 0.1) is 5.41 Å². The minimum atomic E-state index is 0.150. The van der Waals surface area contributed by atoms with Gasteiger partial charge in [-0.1, -0.05) is 20.8 Å². The lowest BCUT2D eigenvalue weighted by Gasteiger charge is -2.22. The second kappa shape index (κ2) is 6.83. The van der Waals surface area contributed by atoms with E-state index in [0.717, 1.165) is 25.8 Å². The van der Waals surface area contributed by atoms with Gasteiger partial charge >= 0.3 is 0 Å². The molecule has 0 rings (SSSR count). The zero-order chi connectivity index (χ0) is 11.9. The summed E-state index contributed by atoms with van der Waals surface area (Å²) in [6.45, 7) is 9.20. The Morgan fingerprint density at radius 1 is 1.47 bits per heavy atom. The predicted octanol–water partition coefficient (Wildman–Crippen LogP) is 2.06. The van der Waals surface area contributed by atoms with E-state index in [4.69, 9.17) is 5.73 Å². The maximum absolute atomic E-state index is 11.4. The maximum Gasteiger partial charge on any atom is 0.220 e. The summed E-state index contributed by atoms with van der Waals surface area (Å²) in [5.41, 5.74) is 5.82. The van der Waals surface area contributed by atoms with Crippen molar-refractivity contribution >= 4 is 5.91 Å². The highest BCUT2D eigenvalue weighted by Gasteiger charge is 2.15. The molecule has 0 aliphatic heterocycles. The molecule has 0 aliphatic rings. The van der Waals surface area contributed by atoms with Gasteiger partial charge in [0, 0.05) is 19.0 Å². The van der Waals surface area contributed by atoms with Crippen molar-refractivity contribution in [2.24, 2.45) is 11.1 Å². The molecule has 0 aromatic heterocycles. The van der Waals surface area contributed by atoms with Gasteiger partial charge in [0.15, 0.2) is 0 Å². The number of amides is 1. The second-order valence-corrected chi connectivity index (χ2v) is 5.16. The topological polar surface area (TPSA) is 55.1 Å². The predicted molar refractivity (Wildman–Crippen MR) is 64.6 cm³/mol. The molecule has 0 saturated carbocycles. The summed E-state index contributed by atoms with van der Waals surface area (Å²) in [6.07, 6.45) is 3.48. The average Bonchev–Trinajstić information content (AvgIpc) is 2.14. The van der Waals surface area contributed by atoms with Crippen LogP contribution >= 0.6 is 0 Å². The fourth-order valence-electron chi connectivity index (χ4n) is 1.14. The van der Waals surface area contributed by atoms with E-state index in [2.05, 4.69) is 26.1 Å². The van der Waals surface area contributed by atoms with Crippen LogP contribution in [0.25, 0.3) is 0 Å². The third-order valence-electron chi connectivity index (χ3n) is 2.78. The maximum atomic E-state index is 11.4. The third kappa shape index (κ3) is 8.43. The Morgan fingerprint density at radius 2 is 2.07 bits per heavy atom. The van der Waals surface area contributed by atoms with Crippen molar-refractivity contribution in [3.8, 4) is 0 Å². The van der Waals surface area contributed by atoms with E-state index >= 15 is 0 Å². The second-order valence-electron chi connectivity index (χ2n) is 5.16. The molecule has 0 aliphatic carbocycles. The molecule has 90 valence electrons. The summed E-state index contributed by atoms with van der Waals surface area (Å²) in [4.78, 5) is 11.4. The van der Waals surface area contributed by atoms with E-state index in [9.17, 15) is 4.79 Å². The smallest absolute Gasteiger partial charge is 0.220 e. The lowest BCUT2D eigenvalue weighted by atomic mass is 9.90. The quantitative estimate of drug-likeness (QED) is 0.681. The molecule has 1 atom stereocenters. The third-order valence-corrected chi connectivity index (χ3v) is 2.78. The summed E-state index contributed by atoms with van der Waals surface area (Å²) in [5, 5.41) is 2.97. The molecular formula is C12H26N2O. The molecule has 0 saturated heterocycles. The van der Waals surface area contributed by atoms with Gasteiger partial charge in [-0.05, 0) is 31.6 Å². The number of nitrogens with two attached hydrogens (primary N) is 1. The van der Waals surface area contributed by atoms with Gasteiger partial charge in [-0.15, -0.1) is 0 Å². The Kier molecular flexibility index (Phi) is 6.57. The number of carbonyl (C=O) groups is 1. The highest BCUT2D eigenvalue weighted by atomic mass is 16.1. The number of nitrogens with one attached hydrogen (secondary N) is 1. The molecule has 0 aromatic rings. The van der Waals surface area contributed by atoms with Gasteiger partial charge in [-0.2, -0.15) is 0 Å². The number of carbonyl (C=O) groups excluding carboxylic acids is 1. The Labute approximate surface area is 93.8 Å². The summed E-state index contributed by atoms with van der Waals surface area (Å²) in [7, 11) is 0. The molecule has 0 spiro atoms. The fraction of sp³-hybridized carbons (Fsp3) is 0.917. The SMILES string of the molecule is CCC(C)(C)CNC(=O)CCCC(C)N. The van der Waals surface area contributed by atoms with Crippen LogP contribution < -0.4 is 11.1 Å². The first-order valence-corrected chi connectivity index (χ1v) is 5.89. The number of rotatable bonds is 7. The summed E-state index contributed by atoms with van der Waals surface area (Å²) >= 11 is 0. The minimum absolute atomic E-state index is 0.150. The van der Waals surface area contributed by atoms with Crippen LogP contribution in [0.2, 0.25) is 0 Å². The van der Waals surface area contributed by atoms with Crippen LogP contribution in [-0.2, 0) is 4.79 Å². The van der Waals surface area contributed by atoms with Gasteiger partial charge in [0.25, 0.3) is 0 Å². The molecule has 3 nitrogen and oxygen atoms in total. The number of hydrogen-bond acceptors (Lipinski definition) is 2.